The van der Waals surface area contributed by atoms with E-state index in [1.54, 1.807) is 0 Å². The Morgan fingerprint density at radius 2 is 1.73 bits per heavy atom. The van der Waals surface area contributed by atoms with E-state index < -0.39 is 24.0 Å². The average molecular weight is 218 g/mol. The van der Waals surface area contributed by atoms with Crippen LogP contribution in [-0.4, -0.2) is 25.6 Å². The number of ether oxygens (including phenoxy) is 2. The van der Waals surface area contributed by atoms with Gasteiger partial charge in [0.05, 0.1) is 0 Å². The standard InChI is InChI=1S/C10H12F2O3/c1-14-10(15-2)9(13)6-3-4-7(11)8(12)5-6/h3-5,9-10,13H,1-2H3/t9-/m0/s1. The van der Waals surface area contributed by atoms with Crippen molar-refractivity contribution in [2.75, 3.05) is 14.2 Å². The predicted octanol–water partition coefficient (Wildman–Crippen LogP) is 1.62. The Morgan fingerprint density at radius 1 is 1.13 bits per heavy atom. The van der Waals surface area contributed by atoms with E-state index in [0.717, 1.165) is 12.1 Å². The molecule has 0 fully saturated rings. The number of aliphatic hydroxyl groups excluding tert-OH is 1. The van der Waals surface area contributed by atoms with Crippen LogP contribution in [0.15, 0.2) is 18.2 Å². The van der Waals surface area contributed by atoms with E-state index >= 15 is 0 Å². The van der Waals surface area contributed by atoms with E-state index in [-0.39, 0.29) is 5.56 Å². The third kappa shape index (κ3) is 2.71. The van der Waals surface area contributed by atoms with Gasteiger partial charge < -0.3 is 14.6 Å². The van der Waals surface area contributed by atoms with Crippen molar-refractivity contribution < 1.29 is 23.4 Å². The summed E-state index contributed by atoms with van der Waals surface area (Å²) in [4.78, 5) is 0. The molecule has 0 saturated carbocycles. The number of rotatable bonds is 4. The predicted molar refractivity (Wildman–Crippen MR) is 49.1 cm³/mol. The fourth-order valence-corrected chi connectivity index (χ4v) is 1.21. The molecule has 1 atom stereocenters. The van der Waals surface area contributed by atoms with Gasteiger partial charge in [0.15, 0.2) is 17.9 Å². The second-order valence-corrected chi connectivity index (χ2v) is 2.96. The molecule has 0 aliphatic heterocycles. The number of halogens is 2. The quantitative estimate of drug-likeness (QED) is 0.780. The van der Waals surface area contributed by atoms with E-state index in [9.17, 15) is 13.9 Å². The maximum Gasteiger partial charge on any atom is 0.187 e. The van der Waals surface area contributed by atoms with Gasteiger partial charge in [0.1, 0.15) is 6.10 Å². The molecule has 15 heavy (non-hydrogen) atoms. The summed E-state index contributed by atoms with van der Waals surface area (Å²) in [6, 6.07) is 3.12. The molecule has 84 valence electrons. The highest BCUT2D eigenvalue weighted by Gasteiger charge is 2.20. The molecule has 1 aromatic rings. The summed E-state index contributed by atoms with van der Waals surface area (Å²) in [6.07, 6.45) is -2.06. The number of hydrogen-bond donors (Lipinski definition) is 1. The van der Waals surface area contributed by atoms with Crippen molar-refractivity contribution in [1.82, 2.24) is 0 Å². The van der Waals surface area contributed by atoms with Crippen molar-refractivity contribution in [3.8, 4) is 0 Å². The van der Waals surface area contributed by atoms with E-state index in [1.165, 1.54) is 20.3 Å². The van der Waals surface area contributed by atoms with Crippen molar-refractivity contribution in [3.63, 3.8) is 0 Å². The molecule has 0 heterocycles. The maximum atomic E-state index is 12.8. The molecule has 0 saturated heterocycles. The zero-order chi connectivity index (χ0) is 11.4. The monoisotopic (exact) mass is 218 g/mol. The van der Waals surface area contributed by atoms with Gasteiger partial charge in [-0.3, -0.25) is 0 Å². The third-order valence-electron chi connectivity index (χ3n) is 2.01. The number of hydrogen-bond acceptors (Lipinski definition) is 3. The van der Waals surface area contributed by atoms with Crippen LogP contribution in [-0.2, 0) is 9.47 Å². The lowest BCUT2D eigenvalue weighted by Crippen LogP contribution is -2.22. The van der Waals surface area contributed by atoms with Crippen molar-refractivity contribution in [2.24, 2.45) is 0 Å². The molecule has 0 aromatic heterocycles. The first-order valence-corrected chi connectivity index (χ1v) is 4.28. The second kappa shape index (κ2) is 5.16. The fraction of sp³-hybridized carbons (Fsp3) is 0.400. The van der Waals surface area contributed by atoms with Gasteiger partial charge in [-0.15, -0.1) is 0 Å². The molecule has 0 bridgehead atoms. The van der Waals surface area contributed by atoms with Crippen LogP contribution in [0.4, 0.5) is 8.78 Å². The Hall–Kier alpha value is -1.04. The van der Waals surface area contributed by atoms with Crippen molar-refractivity contribution in [2.45, 2.75) is 12.4 Å². The van der Waals surface area contributed by atoms with Crippen molar-refractivity contribution in [1.29, 1.82) is 0 Å². The summed E-state index contributed by atoms with van der Waals surface area (Å²) in [6.45, 7) is 0. The molecule has 3 nitrogen and oxygen atoms in total. The number of benzene rings is 1. The summed E-state index contributed by atoms with van der Waals surface area (Å²) < 4.78 is 35.0. The summed E-state index contributed by atoms with van der Waals surface area (Å²) in [7, 11) is 2.69. The molecule has 5 heteroatoms. The Morgan fingerprint density at radius 3 is 2.20 bits per heavy atom. The van der Waals surface area contributed by atoms with Crippen LogP contribution in [0.25, 0.3) is 0 Å². The van der Waals surface area contributed by atoms with Crippen LogP contribution < -0.4 is 0 Å². The number of aliphatic hydroxyl groups is 1. The zero-order valence-electron chi connectivity index (χ0n) is 8.41. The maximum absolute atomic E-state index is 12.8. The normalized spacial score (nSPS) is 13.2. The molecule has 0 amide bonds. The lowest BCUT2D eigenvalue weighted by Gasteiger charge is -2.20. The lowest BCUT2D eigenvalue weighted by molar-refractivity contribution is -0.166. The first-order valence-electron chi connectivity index (χ1n) is 4.28. The van der Waals surface area contributed by atoms with Crippen LogP contribution in [0.1, 0.15) is 11.7 Å². The van der Waals surface area contributed by atoms with Crippen molar-refractivity contribution >= 4 is 0 Å². The Bertz CT molecular complexity index is 326. The topological polar surface area (TPSA) is 38.7 Å². The highest BCUT2D eigenvalue weighted by molar-refractivity contribution is 5.20. The van der Waals surface area contributed by atoms with Gasteiger partial charge >= 0.3 is 0 Å². The van der Waals surface area contributed by atoms with Crippen LogP contribution >= 0.6 is 0 Å². The van der Waals surface area contributed by atoms with Gasteiger partial charge in [0.25, 0.3) is 0 Å². The number of methoxy groups -OCH3 is 2. The largest absolute Gasteiger partial charge is 0.383 e. The third-order valence-corrected chi connectivity index (χ3v) is 2.01. The van der Waals surface area contributed by atoms with E-state index in [0.29, 0.717) is 0 Å². The van der Waals surface area contributed by atoms with E-state index in [2.05, 4.69) is 0 Å². The molecule has 0 aliphatic rings. The summed E-state index contributed by atoms with van der Waals surface area (Å²) in [5, 5.41) is 9.66. The van der Waals surface area contributed by atoms with E-state index in [4.69, 9.17) is 9.47 Å². The summed E-state index contributed by atoms with van der Waals surface area (Å²) in [5.41, 5.74) is 0.197. The zero-order valence-corrected chi connectivity index (χ0v) is 8.41. The van der Waals surface area contributed by atoms with Crippen LogP contribution in [0.5, 0.6) is 0 Å². The molecule has 0 aliphatic carbocycles. The van der Waals surface area contributed by atoms with Gasteiger partial charge in [-0.25, -0.2) is 8.78 Å². The van der Waals surface area contributed by atoms with Crippen LogP contribution in [0.2, 0.25) is 0 Å². The molecule has 1 rings (SSSR count). The fourth-order valence-electron chi connectivity index (χ4n) is 1.21. The van der Waals surface area contributed by atoms with Crippen LogP contribution in [0, 0.1) is 11.6 Å². The van der Waals surface area contributed by atoms with Gasteiger partial charge in [-0.2, -0.15) is 0 Å². The highest BCUT2D eigenvalue weighted by Crippen LogP contribution is 2.21. The smallest absolute Gasteiger partial charge is 0.187 e. The SMILES string of the molecule is COC(OC)[C@@H](O)c1ccc(F)c(F)c1. The molecule has 0 radical (unpaired) electrons. The first-order chi connectivity index (χ1) is 7.10. The summed E-state index contributed by atoms with van der Waals surface area (Å²) in [5.74, 6) is -1.98. The van der Waals surface area contributed by atoms with E-state index in [1.807, 2.05) is 0 Å². The molecule has 1 aromatic carbocycles. The van der Waals surface area contributed by atoms with Gasteiger partial charge in [0, 0.05) is 14.2 Å². The summed E-state index contributed by atoms with van der Waals surface area (Å²) >= 11 is 0. The van der Waals surface area contributed by atoms with Gasteiger partial charge in [-0.05, 0) is 17.7 Å². The Kier molecular flexibility index (Phi) is 4.14. The Balaban J connectivity index is 2.90. The molecular formula is C10H12F2O3. The minimum Gasteiger partial charge on any atom is -0.383 e. The second-order valence-electron chi connectivity index (χ2n) is 2.96. The van der Waals surface area contributed by atoms with Crippen molar-refractivity contribution in [3.05, 3.63) is 35.4 Å². The average Bonchev–Trinajstić information content (AvgIpc) is 2.23. The lowest BCUT2D eigenvalue weighted by atomic mass is 10.1. The van der Waals surface area contributed by atoms with Crippen LogP contribution in [0.3, 0.4) is 0 Å². The minimum atomic E-state index is -1.16. The van der Waals surface area contributed by atoms with Gasteiger partial charge in [0.2, 0.25) is 0 Å². The highest BCUT2D eigenvalue weighted by atomic mass is 19.2. The molecule has 0 spiro atoms. The van der Waals surface area contributed by atoms with Gasteiger partial charge in [-0.1, -0.05) is 6.07 Å². The minimum absolute atomic E-state index is 0.197. The molecule has 0 unspecified atom stereocenters. The first kappa shape index (κ1) is 12.0. The Labute approximate surface area is 86.2 Å². The molecular weight excluding hydrogens is 206 g/mol. The molecule has 1 N–H and O–H groups in total.